The Hall–Kier alpha value is -1.16. The summed E-state index contributed by atoms with van der Waals surface area (Å²) in [6, 6.07) is 0. The van der Waals surface area contributed by atoms with Crippen LogP contribution in [0.4, 0.5) is 0 Å². The molecule has 0 bridgehead atoms. The van der Waals surface area contributed by atoms with Gasteiger partial charge in [0.1, 0.15) is 12.0 Å². The number of carbonyl (C=O) groups excluding carboxylic acids is 1. The lowest BCUT2D eigenvalue weighted by molar-refractivity contribution is -0.131. The quantitative estimate of drug-likeness (QED) is 0.658. The largest absolute Gasteiger partial charge is 0.357 e. The molecule has 0 aromatic heterocycles. The maximum atomic E-state index is 12.2. The molecule has 4 rings (SSSR count). The summed E-state index contributed by atoms with van der Waals surface area (Å²) in [7, 11) is 0. The van der Waals surface area contributed by atoms with Gasteiger partial charge in [0.2, 0.25) is 11.7 Å². The number of amides is 1. The predicted molar refractivity (Wildman–Crippen MR) is 64.1 cm³/mol. The Labute approximate surface area is 107 Å². The van der Waals surface area contributed by atoms with Crippen molar-refractivity contribution in [3.63, 3.8) is 0 Å². The standard InChI is InChI=1S/C14H18NO3/c16-12-7-9-3-1-2-5-14(9)10-8-13(17)18-11(10)4-6-15(12)14/h8-9,13,17H,1-7H2/q+1/t9-,13-,14-/m0/s1. The fraction of sp³-hybridized carbons (Fsp3) is 0.714. The minimum Gasteiger partial charge on any atom is -0.357 e. The molecule has 18 heavy (non-hydrogen) atoms. The van der Waals surface area contributed by atoms with E-state index in [0.717, 1.165) is 37.1 Å². The van der Waals surface area contributed by atoms with Crippen LogP contribution in [-0.4, -0.2) is 34.3 Å². The number of aliphatic hydroxyl groups excluding tert-OH is 1. The molecule has 0 unspecified atom stereocenters. The third-order valence-electron chi connectivity index (χ3n) is 5.14. The number of hydrogen-bond donors (Lipinski definition) is 1. The van der Waals surface area contributed by atoms with E-state index in [1.165, 1.54) is 12.8 Å². The van der Waals surface area contributed by atoms with E-state index in [0.29, 0.717) is 18.2 Å². The Balaban J connectivity index is 1.83. The van der Waals surface area contributed by atoms with Crippen molar-refractivity contribution in [2.24, 2.45) is 5.92 Å². The molecule has 3 atom stereocenters. The van der Waals surface area contributed by atoms with Crippen molar-refractivity contribution in [3.05, 3.63) is 17.8 Å². The number of ether oxygens (including phenoxy) is 1. The summed E-state index contributed by atoms with van der Waals surface area (Å²) in [6.07, 6.45) is 7.02. The summed E-state index contributed by atoms with van der Waals surface area (Å²) in [5.74, 6) is 1.65. The molecule has 1 saturated carbocycles. The first-order valence-electron chi connectivity index (χ1n) is 6.95. The van der Waals surface area contributed by atoms with Crippen LogP contribution < -0.4 is 0 Å². The lowest BCUT2D eigenvalue weighted by atomic mass is 9.67. The Morgan fingerprint density at radius 2 is 2.33 bits per heavy atom. The minimum atomic E-state index is -0.803. The fourth-order valence-corrected chi connectivity index (χ4v) is 4.49. The molecule has 3 heterocycles. The molecule has 4 aliphatic rings. The van der Waals surface area contributed by atoms with Crippen LogP contribution in [0.1, 0.15) is 38.5 Å². The van der Waals surface area contributed by atoms with Gasteiger partial charge in [-0.05, 0) is 18.8 Å². The van der Waals surface area contributed by atoms with Gasteiger partial charge in [0.25, 0.3) is 0 Å². The molecule has 96 valence electrons. The highest BCUT2D eigenvalue weighted by atomic mass is 16.6. The summed E-state index contributed by atoms with van der Waals surface area (Å²) in [6.45, 7) is 0.759. The van der Waals surface area contributed by atoms with Crippen molar-refractivity contribution in [1.29, 1.82) is 0 Å². The van der Waals surface area contributed by atoms with Gasteiger partial charge in [-0.2, -0.15) is 0 Å². The normalized spacial score (nSPS) is 42.1. The van der Waals surface area contributed by atoms with Crippen LogP contribution in [-0.2, 0) is 9.53 Å². The van der Waals surface area contributed by atoms with E-state index in [9.17, 15) is 9.90 Å². The Morgan fingerprint density at radius 3 is 3.22 bits per heavy atom. The van der Waals surface area contributed by atoms with Gasteiger partial charge in [-0.1, -0.05) is 12.8 Å². The predicted octanol–water partition coefficient (Wildman–Crippen LogP) is 1.36. The van der Waals surface area contributed by atoms with Crippen LogP contribution >= 0.6 is 0 Å². The van der Waals surface area contributed by atoms with Gasteiger partial charge >= 0.3 is 6.29 Å². The Bertz CT molecular complexity index is 444. The minimum absolute atomic E-state index is 0.138. The molecular formula is C14H18NO3+. The zero-order valence-corrected chi connectivity index (χ0v) is 10.4. The van der Waals surface area contributed by atoms with Crippen LogP contribution in [0, 0.1) is 12.3 Å². The van der Waals surface area contributed by atoms with Crippen molar-refractivity contribution in [2.75, 3.05) is 6.54 Å². The number of nitrogens with zero attached hydrogens (tertiary/aromatic N) is 1. The first-order valence-corrected chi connectivity index (χ1v) is 6.95. The molecular weight excluding hydrogens is 230 g/mol. The maximum Gasteiger partial charge on any atom is 0.309 e. The van der Waals surface area contributed by atoms with Crippen molar-refractivity contribution >= 4 is 5.91 Å². The van der Waals surface area contributed by atoms with E-state index in [4.69, 9.17) is 4.74 Å². The van der Waals surface area contributed by atoms with Gasteiger partial charge in [-0.15, -0.1) is 0 Å². The number of rotatable bonds is 0. The molecule has 1 spiro atoms. The molecule has 2 fully saturated rings. The van der Waals surface area contributed by atoms with E-state index in [-0.39, 0.29) is 5.54 Å². The van der Waals surface area contributed by atoms with Crippen LogP contribution in [0.15, 0.2) is 11.3 Å². The highest BCUT2D eigenvalue weighted by molar-refractivity contribution is 5.82. The number of aliphatic hydroxyl groups is 1. The number of hydrogen-bond acceptors (Lipinski definition) is 3. The summed E-state index contributed by atoms with van der Waals surface area (Å²) in [5, 5.41) is 9.71. The third-order valence-corrected chi connectivity index (χ3v) is 5.14. The molecule has 1 aliphatic carbocycles. The third kappa shape index (κ3) is 1.14. The molecule has 1 amide bonds. The molecule has 3 aliphatic heterocycles. The summed E-state index contributed by atoms with van der Waals surface area (Å²) in [5.41, 5.74) is 0.984. The molecule has 0 aromatic rings. The lowest BCUT2D eigenvalue weighted by Crippen LogP contribution is -2.54. The maximum absolute atomic E-state index is 12.2. The van der Waals surface area contributed by atoms with Crippen LogP contribution in [0.5, 0.6) is 0 Å². The molecule has 4 heteroatoms. The van der Waals surface area contributed by atoms with Gasteiger partial charge in [-0.25, -0.2) is 0 Å². The first kappa shape index (κ1) is 10.7. The second-order valence-electron chi connectivity index (χ2n) is 5.88. The zero-order valence-electron chi connectivity index (χ0n) is 10.4. The number of carbonyl (C=O) groups is 1. The monoisotopic (exact) mass is 248 g/mol. The van der Waals surface area contributed by atoms with Gasteiger partial charge < -0.3 is 14.7 Å². The molecule has 1 N–H and O–H groups in total. The average molecular weight is 248 g/mol. The topological polar surface area (TPSA) is 49.8 Å². The van der Waals surface area contributed by atoms with Crippen molar-refractivity contribution < 1.29 is 14.6 Å². The Morgan fingerprint density at radius 1 is 1.44 bits per heavy atom. The second-order valence-corrected chi connectivity index (χ2v) is 5.88. The van der Waals surface area contributed by atoms with Crippen molar-refractivity contribution in [2.45, 2.75) is 50.4 Å². The Kier molecular flexibility index (Phi) is 2.05. The smallest absolute Gasteiger partial charge is 0.309 e. The summed E-state index contributed by atoms with van der Waals surface area (Å²) >= 11 is 0. The van der Waals surface area contributed by atoms with E-state index in [1.807, 2.05) is 6.42 Å². The molecule has 0 aromatic carbocycles. The highest BCUT2D eigenvalue weighted by Crippen LogP contribution is 2.55. The van der Waals surface area contributed by atoms with E-state index < -0.39 is 6.29 Å². The summed E-state index contributed by atoms with van der Waals surface area (Å²) in [4.78, 5) is 14.3. The van der Waals surface area contributed by atoms with Gasteiger partial charge in [-0.3, -0.25) is 4.79 Å². The van der Waals surface area contributed by atoms with Gasteiger partial charge in [0, 0.05) is 13.0 Å². The van der Waals surface area contributed by atoms with Crippen molar-refractivity contribution in [1.82, 2.24) is 4.90 Å². The van der Waals surface area contributed by atoms with E-state index in [2.05, 4.69) is 4.90 Å². The lowest BCUT2D eigenvalue weighted by Gasteiger charge is -2.44. The molecule has 4 nitrogen and oxygen atoms in total. The van der Waals surface area contributed by atoms with Crippen molar-refractivity contribution in [3.8, 4) is 0 Å². The fourth-order valence-electron chi connectivity index (χ4n) is 4.49. The van der Waals surface area contributed by atoms with Crippen LogP contribution in [0.2, 0.25) is 0 Å². The van der Waals surface area contributed by atoms with Crippen LogP contribution in [0.3, 0.4) is 0 Å². The second kappa shape index (κ2) is 3.44. The highest BCUT2D eigenvalue weighted by Gasteiger charge is 2.63. The zero-order chi connectivity index (χ0) is 12.3. The van der Waals surface area contributed by atoms with Gasteiger partial charge in [0.05, 0.1) is 6.42 Å². The van der Waals surface area contributed by atoms with Crippen LogP contribution in [0.25, 0.3) is 0 Å². The van der Waals surface area contributed by atoms with Gasteiger partial charge in [0.15, 0.2) is 5.57 Å². The molecule has 0 radical (unpaired) electrons. The van der Waals surface area contributed by atoms with E-state index >= 15 is 0 Å². The SMILES string of the molecule is O=C1C[C@@H]2CCCC[C@@]23C2=C(CCN13)O[C@H](O)[CH+]2. The molecule has 1 saturated heterocycles. The first-order chi connectivity index (χ1) is 8.72. The summed E-state index contributed by atoms with van der Waals surface area (Å²) < 4.78 is 5.49. The van der Waals surface area contributed by atoms with E-state index in [1.54, 1.807) is 0 Å². The average Bonchev–Trinajstić information content (AvgIpc) is 2.86.